The largest absolute Gasteiger partial charge is 0.389 e. The predicted octanol–water partition coefficient (Wildman–Crippen LogP) is 2.54. The topological polar surface area (TPSA) is 74.6 Å². The van der Waals surface area contributed by atoms with Crippen LogP contribution in [0.2, 0.25) is 0 Å². The fraction of sp³-hybridized carbons (Fsp3) is 0.474. The van der Waals surface area contributed by atoms with E-state index in [0.717, 1.165) is 11.1 Å². The number of rotatable bonds is 1. The van der Waals surface area contributed by atoms with Gasteiger partial charge in [-0.1, -0.05) is 12.1 Å². The van der Waals surface area contributed by atoms with E-state index in [9.17, 15) is 19.8 Å². The molecule has 4 heteroatoms. The number of hydrogen-bond acceptors (Lipinski definition) is 4. The van der Waals surface area contributed by atoms with Crippen LogP contribution in [0.25, 0.3) is 6.08 Å². The molecule has 4 nitrogen and oxygen atoms in total. The van der Waals surface area contributed by atoms with Crippen LogP contribution in [-0.2, 0) is 4.79 Å². The van der Waals surface area contributed by atoms with E-state index in [1.165, 1.54) is 0 Å². The summed E-state index contributed by atoms with van der Waals surface area (Å²) in [5.41, 5.74) is 0.407. The van der Waals surface area contributed by atoms with Crippen molar-refractivity contribution < 1.29 is 19.8 Å². The quantitative estimate of drug-likeness (QED) is 0.835. The number of Topliss-reactive ketones (excluding diaryl/α,β-unsaturated/α-hetero) is 2. The maximum atomic E-state index is 13.0. The molecule has 3 rings (SSSR count). The fourth-order valence-electron chi connectivity index (χ4n) is 3.77. The second kappa shape index (κ2) is 4.86. The number of benzene rings is 1. The molecule has 1 aromatic carbocycles. The molecule has 0 amide bonds. The highest BCUT2D eigenvalue weighted by Crippen LogP contribution is 2.46. The molecular weight excluding hydrogens is 292 g/mol. The van der Waals surface area contributed by atoms with Gasteiger partial charge in [0.05, 0.1) is 17.1 Å². The van der Waals surface area contributed by atoms with Crippen molar-refractivity contribution in [2.45, 2.75) is 57.7 Å². The van der Waals surface area contributed by atoms with E-state index >= 15 is 0 Å². The molecule has 122 valence electrons. The molecule has 2 atom stereocenters. The molecule has 2 aliphatic rings. The van der Waals surface area contributed by atoms with E-state index in [0.29, 0.717) is 11.1 Å². The second-order valence-corrected chi connectivity index (χ2v) is 7.46. The lowest BCUT2D eigenvalue weighted by molar-refractivity contribution is -0.124. The standard InChI is InChI=1S/C19H22O4/c1-10-5-6-11-9-12(18(2,3)22)17(21)16-15(11)14(10)13(20)7-8-19(16,4)23/h5-6,9,16,22-23H,7-8H2,1-4H3/t16-,19+/m1/s1. The normalized spacial score (nSPS) is 27.4. The number of aryl methyl sites for hydroxylation is 1. The molecular formula is C19H22O4. The van der Waals surface area contributed by atoms with E-state index < -0.39 is 17.1 Å². The minimum Gasteiger partial charge on any atom is -0.389 e. The van der Waals surface area contributed by atoms with E-state index in [4.69, 9.17) is 0 Å². The first-order valence-electron chi connectivity index (χ1n) is 7.92. The maximum Gasteiger partial charge on any atom is 0.172 e. The van der Waals surface area contributed by atoms with Gasteiger partial charge in [-0.25, -0.2) is 0 Å². The first kappa shape index (κ1) is 16.1. The highest BCUT2D eigenvalue weighted by Gasteiger charge is 2.48. The van der Waals surface area contributed by atoms with Gasteiger partial charge in [0, 0.05) is 17.6 Å². The van der Waals surface area contributed by atoms with Gasteiger partial charge in [-0.15, -0.1) is 0 Å². The summed E-state index contributed by atoms with van der Waals surface area (Å²) in [6, 6.07) is 3.71. The molecule has 23 heavy (non-hydrogen) atoms. The molecule has 0 saturated heterocycles. The smallest absolute Gasteiger partial charge is 0.172 e. The van der Waals surface area contributed by atoms with Gasteiger partial charge in [0.15, 0.2) is 11.6 Å². The van der Waals surface area contributed by atoms with E-state index in [1.54, 1.807) is 26.8 Å². The lowest BCUT2D eigenvalue weighted by Gasteiger charge is -2.37. The average Bonchev–Trinajstić information content (AvgIpc) is 2.52. The number of ketones is 2. The van der Waals surface area contributed by atoms with E-state index in [2.05, 4.69) is 0 Å². The van der Waals surface area contributed by atoms with Crippen LogP contribution in [0.1, 0.15) is 66.6 Å². The second-order valence-electron chi connectivity index (χ2n) is 7.46. The van der Waals surface area contributed by atoms with Gasteiger partial charge >= 0.3 is 0 Å². The maximum absolute atomic E-state index is 13.0. The summed E-state index contributed by atoms with van der Waals surface area (Å²) in [7, 11) is 0. The van der Waals surface area contributed by atoms with E-state index in [-0.39, 0.29) is 30.0 Å². The molecule has 0 aromatic heterocycles. The summed E-state index contributed by atoms with van der Waals surface area (Å²) >= 11 is 0. The number of carbonyl (C=O) groups is 2. The Morgan fingerprint density at radius 1 is 1.26 bits per heavy atom. The lowest BCUT2D eigenvalue weighted by Crippen LogP contribution is -2.43. The van der Waals surface area contributed by atoms with Gasteiger partial charge in [-0.2, -0.15) is 0 Å². The Balaban J connectivity index is 2.39. The van der Waals surface area contributed by atoms with Gasteiger partial charge in [0.25, 0.3) is 0 Å². The number of hydrogen-bond donors (Lipinski definition) is 2. The molecule has 0 bridgehead atoms. The minimum absolute atomic E-state index is 0.0324. The van der Waals surface area contributed by atoms with Crippen LogP contribution in [0, 0.1) is 6.92 Å². The Morgan fingerprint density at radius 3 is 2.52 bits per heavy atom. The van der Waals surface area contributed by atoms with Crippen LogP contribution >= 0.6 is 0 Å². The first-order valence-corrected chi connectivity index (χ1v) is 7.92. The van der Waals surface area contributed by atoms with Gasteiger partial charge in [0.1, 0.15) is 0 Å². The third-order valence-electron chi connectivity index (χ3n) is 5.02. The van der Waals surface area contributed by atoms with Crippen LogP contribution in [0.15, 0.2) is 17.7 Å². The van der Waals surface area contributed by atoms with Crippen LogP contribution in [0.3, 0.4) is 0 Å². The van der Waals surface area contributed by atoms with Crippen LogP contribution in [0.5, 0.6) is 0 Å². The van der Waals surface area contributed by atoms with Crippen LogP contribution < -0.4 is 0 Å². The van der Waals surface area contributed by atoms with Gasteiger partial charge in [0.2, 0.25) is 0 Å². The first-order chi connectivity index (χ1) is 10.5. The van der Waals surface area contributed by atoms with Crippen molar-refractivity contribution in [3.05, 3.63) is 40.0 Å². The Bertz CT molecular complexity index is 747. The third-order valence-corrected chi connectivity index (χ3v) is 5.02. The zero-order valence-electron chi connectivity index (χ0n) is 13.9. The summed E-state index contributed by atoms with van der Waals surface area (Å²) < 4.78 is 0. The molecule has 0 radical (unpaired) electrons. The molecule has 0 aliphatic heterocycles. The summed E-state index contributed by atoms with van der Waals surface area (Å²) in [4.78, 5) is 25.6. The van der Waals surface area contributed by atoms with Crippen LogP contribution in [-0.4, -0.2) is 33.0 Å². The van der Waals surface area contributed by atoms with Gasteiger partial charge < -0.3 is 10.2 Å². The van der Waals surface area contributed by atoms with Gasteiger partial charge in [-0.3, -0.25) is 9.59 Å². The lowest BCUT2D eigenvalue weighted by atomic mass is 9.69. The zero-order chi connectivity index (χ0) is 17.2. The molecule has 0 spiro atoms. The predicted molar refractivity (Wildman–Crippen MR) is 87.4 cm³/mol. The fourth-order valence-corrected chi connectivity index (χ4v) is 3.77. The van der Waals surface area contributed by atoms with Crippen molar-refractivity contribution in [1.29, 1.82) is 0 Å². The minimum atomic E-state index is -1.31. The van der Waals surface area contributed by atoms with Crippen LogP contribution in [0.4, 0.5) is 0 Å². The highest BCUT2D eigenvalue weighted by atomic mass is 16.3. The average molecular weight is 314 g/mol. The van der Waals surface area contributed by atoms with Gasteiger partial charge in [-0.05, 0) is 56.9 Å². The molecule has 2 N–H and O–H groups in total. The van der Waals surface area contributed by atoms with E-state index in [1.807, 2.05) is 19.1 Å². The van der Waals surface area contributed by atoms with Crippen molar-refractivity contribution in [2.75, 3.05) is 0 Å². The summed E-state index contributed by atoms with van der Waals surface area (Å²) in [6.45, 7) is 6.59. The van der Waals surface area contributed by atoms with Crippen molar-refractivity contribution in [3.8, 4) is 0 Å². The van der Waals surface area contributed by atoms with Crippen molar-refractivity contribution in [3.63, 3.8) is 0 Å². The monoisotopic (exact) mass is 314 g/mol. The summed E-state index contributed by atoms with van der Waals surface area (Å²) in [5.74, 6) is -1.14. The molecule has 2 aliphatic carbocycles. The van der Waals surface area contributed by atoms with Crippen molar-refractivity contribution >= 4 is 17.6 Å². The Labute approximate surface area is 135 Å². The molecule has 0 heterocycles. The van der Waals surface area contributed by atoms with Crippen molar-refractivity contribution in [1.82, 2.24) is 0 Å². The SMILES string of the molecule is Cc1ccc2c3c1C(=O)CC[C@](C)(O)[C@H]3C(=O)C(C(C)(C)O)=C2. The number of aliphatic hydroxyl groups is 2. The Morgan fingerprint density at radius 2 is 1.91 bits per heavy atom. The number of carbonyl (C=O) groups excluding carboxylic acids is 2. The third kappa shape index (κ3) is 2.37. The molecule has 0 saturated carbocycles. The molecule has 0 fully saturated rings. The van der Waals surface area contributed by atoms with Crippen molar-refractivity contribution in [2.24, 2.45) is 0 Å². The molecule has 1 aromatic rings. The Hall–Kier alpha value is -1.78. The summed E-state index contributed by atoms with van der Waals surface area (Å²) in [5, 5.41) is 21.2. The molecule has 0 unspecified atom stereocenters. The highest BCUT2D eigenvalue weighted by molar-refractivity contribution is 6.12. The Kier molecular flexibility index (Phi) is 3.40. The summed E-state index contributed by atoms with van der Waals surface area (Å²) in [6.07, 6.45) is 2.10. The zero-order valence-corrected chi connectivity index (χ0v) is 13.9.